The van der Waals surface area contributed by atoms with E-state index < -0.39 is 0 Å². The summed E-state index contributed by atoms with van der Waals surface area (Å²) in [4.78, 5) is 12.3. The van der Waals surface area contributed by atoms with Gasteiger partial charge in [0.2, 0.25) is 0 Å². The van der Waals surface area contributed by atoms with E-state index in [1.807, 2.05) is 25.1 Å². The monoisotopic (exact) mass is 286 g/mol. The van der Waals surface area contributed by atoms with Crippen LogP contribution in [0.25, 0.3) is 0 Å². The second kappa shape index (κ2) is 8.49. The summed E-state index contributed by atoms with van der Waals surface area (Å²) >= 11 is 0. The van der Waals surface area contributed by atoms with E-state index in [1.165, 1.54) is 0 Å². The number of carbonyl (C=O) groups excluding carboxylic acids is 1. The number of aryl methyl sites for hydroxylation is 1. The van der Waals surface area contributed by atoms with Crippen molar-refractivity contribution < 1.29 is 4.79 Å². The van der Waals surface area contributed by atoms with Crippen molar-refractivity contribution in [2.75, 3.05) is 6.54 Å². The molecule has 0 aliphatic rings. The predicted octanol–water partition coefficient (Wildman–Crippen LogP) is 2.86. The Bertz CT molecular complexity index is 536. The van der Waals surface area contributed by atoms with Crippen molar-refractivity contribution in [1.29, 1.82) is 0 Å². The van der Waals surface area contributed by atoms with Gasteiger partial charge in [0.25, 0.3) is 5.91 Å². The number of carbonyl (C=O) groups is 1. The van der Waals surface area contributed by atoms with E-state index in [-0.39, 0.29) is 11.9 Å². The van der Waals surface area contributed by atoms with Gasteiger partial charge < -0.3 is 11.1 Å². The summed E-state index contributed by atoms with van der Waals surface area (Å²) in [6, 6.07) is 5.79. The van der Waals surface area contributed by atoms with Crippen LogP contribution in [0.5, 0.6) is 0 Å². The first kappa shape index (κ1) is 17.3. The zero-order valence-electron chi connectivity index (χ0n) is 13.5. The molecule has 0 saturated carbocycles. The summed E-state index contributed by atoms with van der Waals surface area (Å²) in [5.74, 6) is 6.32. The maximum absolute atomic E-state index is 12.3. The number of rotatable bonds is 5. The van der Waals surface area contributed by atoms with Crippen LogP contribution >= 0.6 is 0 Å². The van der Waals surface area contributed by atoms with E-state index in [2.05, 4.69) is 37.9 Å². The molecule has 0 saturated heterocycles. The Balaban J connectivity index is 2.88. The minimum atomic E-state index is -0.0369. The minimum absolute atomic E-state index is 0.0369. The molecule has 1 aromatic rings. The van der Waals surface area contributed by atoms with Gasteiger partial charge in [-0.2, -0.15) is 0 Å². The molecule has 1 unspecified atom stereocenters. The Morgan fingerprint density at radius 1 is 1.33 bits per heavy atom. The molecule has 0 aliphatic heterocycles. The molecular formula is C18H26N2O. The molecular weight excluding hydrogens is 260 g/mol. The number of nitrogens with two attached hydrogens (primary N) is 1. The van der Waals surface area contributed by atoms with Gasteiger partial charge in [-0.3, -0.25) is 4.79 Å². The highest BCUT2D eigenvalue weighted by atomic mass is 16.1. The number of benzene rings is 1. The Morgan fingerprint density at radius 2 is 2.00 bits per heavy atom. The van der Waals surface area contributed by atoms with Crippen molar-refractivity contribution in [3.05, 3.63) is 34.9 Å². The van der Waals surface area contributed by atoms with Crippen molar-refractivity contribution >= 4 is 5.91 Å². The minimum Gasteiger partial charge on any atom is -0.349 e. The molecule has 1 aromatic carbocycles. The van der Waals surface area contributed by atoms with Crippen molar-refractivity contribution in [3.63, 3.8) is 0 Å². The zero-order chi connectivity index (χ0) is 15.8. The zero-order valence-corrected chi connectivity index (χ0v) is 13.5. The third kappa shape index (κ3) is 4.91. The third-order valence-electron chi connectivity index (χ3n) is 3.94. The lowest BCUT2D eigenvalue weighted by Crippen LogP contribution is -2.37. The molecule has 3 nitrogen and oxygen atoms in total. The van der Waals surface area contributed by atoms with Gasteiger partial charge in [0.1, 0.15) is 0 Å². The van der Waals surface area contributed by atoms with Crippen LogP contribution < -0.4 is 11.1 Å². The Labute approximate surface area is 128 Å². The second-order valence-electron chi connectivity index (χ2n) is 5.37. The molecule has 1 atom stereocenters. The lowest BCUT2D eigenvalue weighted by Gasteiger charge is -2.22. The van der Waals surface area contributed by atoms with E-state index >= 15 is 0 Å². The van der Waals surface area contributed by atoms with E-state index in [0.717, 1.165) is 24.0 Å². The molecule has 0 spiro atoms. The summed E-state index contributed by atoms with van der Waals surface area (Å²) in [5.41, 5.74) is 7.97. The average Bonchev–Trinajstić information content (AvgIpc) is 2.47. The highest BCUT2D eigenvalue weighted by molar-refractivity contribution is 5.94. The van der Waals surface area contributed by atoms with E-state index in [4.69, 9.17) is 5.73 Å². The summed E-state index contributed by atoms with van der Waals surface area (Å²) in [6.45, 7) is 8.68. The SMILES string of the molecule is CCC(CC)C(C)NC(=O)c1ccc(C)c(C#CCN)c1. The third-order valence-corrected chi connectivity index (χ3v) is 3.94. The largest absolute Gasteiger partial charge is 0.349 e. The van der Waals surface area contributed by atoms with Crippen molar-refractivity contribution in [2.45, 2.75) is 46.6 Å². The van der Waals surface area contributed by atoms with Crippen LogP contribution in [0.15, 0.2) is 18.2 Å². The quantitative estimate of drug-likeness (QED) is 0.818. The van der Waals surface area contributed by atoms with Crippen LogP contribution in [0.3, 0.4) is 0 Å². The van der Waals surface area contributed by atoms with Crippen LogP contribution in [0.4, 0.5) is 0 Å². The predicted molar refractivity (Wildman–Crippen MR) is 88.1 cm³/mol. The van der Waals surface area contributed by atoms with Gasteiger partial charge >= 0.3 is 0 Å². The summed E-state index contributed by atoms with van der Waals surface area (Å²) in [6.07, 6.45) is 2.14. The van der Waals surface area contributed by atoms with Crippen LogP contribution in [-0.2, 0) is 0 Å². The Kier molecular flexibility index (Phi) is 6.98. The maximum atomic E-state index is 12.3. The first-order valence-electron chi connectivity index (χ1n) is 7.63. The van der Waals surface area contributed by atoms with Gasteiger partial charge in [-0.05, 0) is 37.5 Å². The molecule has 1 rings (SSSR count). The first-order chi connectivity index (χ1) is 10.0. The molecule has 1 amide bonds. The molecule has 114 valence electrons. The smallest absolute Gasteiger partial charge is 0.251 e. The fourth-order valence-electron chi connectivity index (χ4n) is 2.45. The fraction of sp³-hybridized carbons (Fsp3) is 0.500. The van der Waals surface area contributed by atoms with Crippen molar-refractivity contribution in [3.8, 4) is 11.8 Å². The molecule has 3 heteroatoms. The molecule has 0 heterocycles. The molecule has 0 bridgehead atoms. The van der Waals surface area contributed by atoms with Gasteiger partial charge in [0.15, 0.2) is 0 Å². The second-order valence-corrected chi connectivity index (χ2v) is 5.37. The Morgan fingerprint density at radius 3 is 2.57 bits per heavy atom. The summed E-state index contributed by atoms with van der Waals surface area (Å²) in [5, 5.41) is 3.09. The van der Waals surface area contributed by atoms with Crippen LogP contribution in [-0.4, -0.2) is 18.5 Å². The van der Waals surface area contributed by atoms with E-state index in [1.54, 1.807) is 0 Å². The normalized spacial score (nSPS) is 11.7. The lowest BCUT2D eigenvalue weighted by molar-refractivity contribution is 0.0925. The van der Waals surface area contributed by atoms with Gasteiger partial charge in [-0.15, -0.1) is 0 Å². The number of amides is 1. The van der Waals surface area contributed by atoms with Gasteiger partial charge in [-0.25, -0.2) is 0 Å². The molecule has 21 heavy (non-hydrogen) atoms. The summed E-state index contributed by atoms with van der Waals surface area (Å²) in [7, 11) is 0. The maximum Gasteiger partial charge on any atom is 0.251 e. The van der Waals surface area contributed by atoms with E-state index in [9.17, 15) is 4.79 Å². The Hall–Kier alpha value is -1.79. The average molecular weight is 286 g/mol. The molecule has 0 aromatic heterocycles. The van der Waals surface area contributed by atoms with E-state index in [0.29, 0.717) is 18.0 Å². The molecule has 3 N–H and O–H groups in total. The highest BCUT2D eigenvalue weighted by Gasteiger charge is 2.17. The molecule has 0 radical (unpaired) electrons. The topological polar surface area (TPSA) is 55.1 Å². The number of hydrogen-bond donors (Lipinski definition) is 2. The fourth-order valence-corrected chi connectivity index (χ4v) is 2.45. The van der Waals surface area contributed by atoms with Crippen molar-refractivity contribution in [1.82, 2.24) is 5.32 Å². The lowest BCUT2D eigenvalue weighted by atomic mass is 9.95. The van der Waals surface area contributed by atoms with Crippen LogP contribution in [0.2, 0.25) is 0 Å². The van der Waals surface area contributed by atoms with Gasteiger partial charge in [0.05, 0.1) is 6.54 Å². The van der Waals surface area contributed by atoms with Gasteiger partial charge in [0, 0.05) is 17.2 Å². The molecule has 0 aliphatic carbocycles. The van der Waals surface area contributed by atoms with Crippen LogP contribution in [0.1, 0.15) is 55.1 Å². The standard InChI is InChI=1S/C18H26N2O/c1-5-15(6-2)14(4)20-18(21)17-10-9-13(3)16(12-17)8-7-11-19/h9-10,12,14-15H,5-6,11,19H2,1-4H3,(H,20,21). The number of hydrogen-bond acceptors (Lipinski definition) is 2. The summed E-state index contributed by atoms with van der Waals surface area (Å²) < 4.78 is 0. The van der Waals surface area contributed by atoms with Crippen LogP contribution in [0, 0.1) is 24.7 Å². The number of nitrogens with one attached hydrogen (secondary N) is 1. The molecule has 0 fully saturated rings. The van der Waals surface area contributed by atoms with Crippen molar-refractivity contribution in [2.24, 2.45) is 11.7 Å². The first-order valence-corrected chi connectivity index (χ1v) is 7.63. The van der Waals surface area contributed by atoms with Gasteiger partial charge in [-0.1, -0.05) is 44.6 Å². The highest BCUT2D eigenvalue weighted by Crippen LogP contribution is 2.14.